The molecule has 0 unspecified atom stereocenters. The zero-order chi connectivity index (χ0) is 12.4. The van der Waals surface area contributed by atoms with Crippen molar-refractivity contribution in [3.8, 4) is 0 Å². The van der Waals surface area contributed by atoms with Gasteiger partial charge in [0.05, 0.1) is 12.7 Å². The van der Waals surface area contributed by atoms with Gasteiger partial charge in [0.2, 0.25) is 0 Å². The molecular weight excluding hydrogens is 232 g/mol. The summed E-state index contributed by atoms with van der Waals surface area (Å²) in [6.07, 6.45) is 4.49. The molecule has 18 heavy (non-hydrogen) atoms. The van der Waals surface area contributed by atoms with Gasteiger partial charge in [-0.25, -0.2) is 4.79 Å². The zero-order valence-electron chi connectivity index (χ0n) is 10.3. The fourth-order valence-corrected chi connectivity index (χ4v) is 2.50. The van der Waals surface area contributed by atoms with Crippen LogP contribution < -0.4 is 5.32 Å². The fraction of sp³-hybridized carbons (Fsp3) is 0.667. The van der Waals surface area contributed by atoms with Gasteiger partial charge in [0.25, 0.3) is 0 Å². The minimum atomic E-state index is 0.0359. The fourth-order valence-electron chi connectivity index (χ4n) is 2.50. The molecule has 0 aromatic carbocycles. The molecule has 2 aliphatic heterocycles. The Labute approximate surface area is 106 Å². The first-order valence-corrected chi connectivity index (χ1v) is 6.47. The molecule has 1 aromatic heterocycles. The van der Waals surface area contributed by atoms with E-state index in [4.69, 9.17) is 4.74 Å². The minimum Gasteiger partial charge on any atom is -0.381 e. The van der Waals surface area contributed by atoms with E-state index in [2.05, 4.69) is 15.5 Å². The van der Waals surface area contributed by atoms with Crippen LogP contribution in [0.15, 0.2) is 6.20 Å². The van der Waals surface area contributed by atoms with Crippen LogP contribution in [0.3, 0.4) is 0 Å². The van der Waals surface area contributed by atoms with Crippen LogP contribution in [0.2, 0.25) is 0 Å². The van der Waals surface area contributed by atoms with Crippen LogP contribution in [-0.4, -0.2) is 46.9 Å². The second-order valence-electron chi connectivity index (χ2n) is 4.88. The second-order valence-corrected chi connectivity index (χ2v) is 4.88. The van der Waals surface area contributed by atoms with E-state index < -0.39 is 0 Å². The summed E-state index contributed by atoms with van der Waals surface area (Å²) in [6, 6.07) is 0.297. The Balaban J connectivity index is 1.57. The molecule has 0 saturated carbocycles. The van der Waals surface area contributed by atoms with E-state index in [0.29, 0.717) is 6.54 Å². The van der Waals surface area contributed by atoms with E-state index >= 15 is 0 Å². The highest BCUT2D eigenvalue weighted by molar-refractivity contribution is 5.74. The standard InChI is InChI=1S/C12H18N4O2/c17-12(14-10-2-5-18-6-3-10)16-4-1-11-9(8-16)7-13-15-11/h7,10H,1-6,8H2,(H,13,15)(H,14,17). The van der Waals surface area contributed by atoms with Crippen LogP contribution in [0.5, 0.6) is 0 Å². The lowest BCUT2D eigenvalue weighted by molar-refractivity contribution is 0.0778. The molecule has 1 aromatic rings. The molecule has 0 radical (unpaired) electrons. The first kappa shape index (κ1) is 11.5. The Kier molecular flexibility index (Phi) is 3.19. The Morgan fingerprint density at radius 2 is 2.33 bits per heavy atom. The predicted octanol–water partition coefficient (Wildman–Crippen LogP) is 0.656. The Bertz CT molecular complexity index is 425. The van der Waals surface area contributed by atoms with E-state index in [9.17, 15) is 4.79 Å². The number of hydrogen-bond donors (Lipinski definition) is 2. The number of amides is 2. The quantitative estimate of drug-likeness (QED) is 0.769. The number of fused-ring (bicyclic) bond motifs is 1. The number of aromatic nitrogens is 2. The largest absolute Gasteiger partial charge is 0.381 e. The smallest absolute Gasteiger partial charge is 0.317 e. The monoisotopic (exact) mass is 250 g/mol. The number of hydrogen-bond acceptors (Lipinski definition) is 3. The Morgan fingerprint density at radius 3 is 3.17 bits per heavy atom. The Morgan fingerprint density at radius 1 is 1.50 bits per heavy atom. The minimum absolute atomic E-state index is 0.0359. The molecule has 0 aliphatic carbocycles. The van der Waals surface area contributed by atoms with Crippen LogP contribution in [0.1, 0.15) is 24.1 Å². The van der Waals surface area contributed by atoms with Crippen LogP contribution in [0, 0.1) is 0 Å². The molecule has 2 N–H and O–H groups in total. The van der Waals surface area contributed by atoms with Crippen LogP contribution >= 0.6 is 0 Å². The van der Waals surface area contributed by atoms with Gasteiger partial charge in [-0.2, -0.15) is 5.10 Å². The molecule has 1 fully saturated rings. The number of ether oxygens (including phenoxy) is 1. The van der Waals surface area contributed by atoms with Crippen molar-refractivity contribution in [2.75, 3.05) is 19.8 Å². The number of rotatable bonds is 1. The first-order chi connectivity index (χ1) is 8.83. The molecule has 1 saturated heterocycles. The van der Waals surface area contributed by atoms with Crippen LogP contribution in [-0.2, 0) is 17.7 Å². The molecule has 6 heteroatoms. The molecule has 3 rings (SSSR count). The molecule has 0 bridgehead atoms. The number of H-pyrrole nitrogens is 1. The van der Waals surface area contributed by atoms with Crippen molar-refractivity contribution < 1.29 is 9.53 Å². The van der Waals surface area contributed by atoms with Crippen molar-refractivity contribution in [3.63, 3.8) is 0 Å². The molecular formula is C12H18N4O2. The maximum atomic E-state index is 12.1. The number of aromatic amines is 1. The lowest BCUT2D eigenvalue weighted by atomic mass is 10.1. The third-order valence-corrected chi connectivity index (χ3v) is 3.64. The summed E-state index contributed by atoms with van der Waals surface area (Å²) >= 11 is 0. The maximum absolute atomic E-state index is 12.1. The van der Waals surface area contributed by atoms with Crippen molar-refractivity contribution in [3.05, 3.63) is 17.5 Å². The van der Waals surface area contributed by atoms with Crippen molar-refractivity contribution in [2.24, 2.45) is 0 Å². The Hall–Kier alpha value is -1.56. The maximum Gasteiger partial charge on any atom is 0.317 e. The van der Waals surface area contributed by atoms with Crippen molar-refractivity contribution >= 4 is 6.03 Å². The number of nitrogens with one attached hydrogen (secondary N) is 2. The van der Waals surface area contributed by atoms with Crippen molar-refractivity contribution in [1.82, 2.24) is 20.4 Å². The summed E-state index contributed by atoms with van der Waals surface area (Å²) in [6.45, 7) is 2.90. The van der Waals surface area contributed by atoms with E-state index in [0.717, 1.165) is 50.3 Å². The average molecular weight is 250 g/mol. The van der Waals surface area contributed by atoms with Crippen molar-refractivity contribution in [1.29, 1.82) is 0 Å². The van der Waals surface area contributed by atoms with Gasteiger partial charge in [-0.3, -0.25) is 5.10 Å². The summed E-state index contributed by atoms with van der Waals surface area (Å²) in [4.78, 5) is 14.0. The van der Waals surface area contributed by atoms with E-state index in [1.165, 1.54) is 0 Å². The average Bonchev–Trinajstić information content (AvgIpc) is 2.87. The third kappa shape index (κ3) is 2.33. The third-order valence-electron chi connectivity index (χ3n) is 3.64. The van der Waals surface area contributed by atoms with E-state index in [1.54, 1.807) is 0 Å². The number of nitrogens with zero attached hydrogens (tertiary/aromatic N) is 2. The van der Waals surface area contributed by atoms with Gasteiger partial charge in [0, 0.05) is 43.5 Å². The molecule has 6 nitrogen and oxygen atoms in total. The predicted molar refractivity (Wildman–Crippen MR) is 65.1 cm³/mol. The zero-order valence-corrected chi connectivity index (χ0v) is 10.3. The number of carbonyl (C=O) groups excluding carboxylic acids is 1. The summed E-state index contributed by atoms with van der Waals surface area (Å²) in [5.74, 6) is 0. The summed E-state index contributed by atoms with van der Waals surface area (Å²) in [5, 5.41) is 10.1. The van der Waals surface area contributed by atoms with Gasteiger partial charge in [-0.1, -0.05) is 0 Å². The molecule has 2 aliphatic rings. The lowest BCUT2D eigenvalue weighted by Crippen LogP contribution is -2.48. The SMILES string of the molecule is O=C(NC1CCOCC1)N1CCc2[nH]ncc2C1. The van der Waals surface area contributed by atoms with Gasteiger partial charge < -0.3 is 15.0 Å². The van der Waals surface area contributed by atoms with Crippen molar-refractivity contribution in [2.45, 2.75) is 31.8 Å². The number of urea groups is 1. The van der Waals surface area contributed by atoms with Gasteiger partial charge in [0.1, 0.15) is 0 Å². The summed E-state index contributed by atoms with van der Waals surface area (Å²) in [5.41, 5.74) is 2.29. The van der Waals surface area contributed by atoms with Gasteiger partial charge in [-0.05, 0) is 12.8 Å². The summed E-state index contributed by atoms with van der Waals surface area (Å²) < 4.78 is 5.29. The molecule has 2 amide bonds. The summed E-state index contributed by atoms with van der Waals surface area (Å²) in [7, 11) is 0. The molecule has 0 spiro atoms. The van der Waals surface area contributed by atoms with Crippen LogP contribution in [0.25, 0.3) is 0 Å². The normalized spacial score (nSPS) is 20.6. The lowest BCUT2D eigenvalue weighted by Gasteiger charge is -2.30. The second kappa shape index (κ2) is 4.97. The first-order valence-electron chi connectivity index (χ1n) is 6.47. The van der Waals surface area contributed by atoms with Crippen LogP contribution in [0.4, 0.5) is 4.79 Å². The highest BCUT2D eigenvalue weighted by Crippen LogP contribution is 2.16. The van der Waals surface area contributed by atoms with Gasteiger partial charge in [-0.15, -0.1) is 0 Å². The molecule has 0 atom stereocenters. The van der Waals surface area contributed by atoms with Gasteiger partial charge >= 0.3 is 6.03 Å². The highest BCUT2D eigenvalue weighted by Gasteiger charge is 2.24. The highest BCUT2D eigenvalue weighted by atomic mass is 16.5. The van der Waals surface area contributed by atoms with Gasteiger partial charge in [0.15, 0.2) is 0 Å². The molecule has 98 valence electrons. The topological polar surface area (TPSA) is 70.2 Å². The molecule has 3 heterocycles. The van der Waals surface area contributed by atoms with E-state index in [-0.39, 0.29) is 12.1 Å². The number of carbonyl (C=O) groups is 1. The van der Waals surface area contributed by atoms with E-state index in [1.807, 2.05) is 11.1 Å².